The first-order chi connectivity index (χ1) is 17.6. The summed E-state index contributed by atoms with van der Waals surface area (Å²) in [7, 11) is 2.33. The summed E-state index contributed by atoms with van der Waals surface area (Å²) in [5.74, 6) is -2.87. The summed E-state index contributed by atoms with van der Waals surface area (Å²) in [5, 5.41) is 0. The molecular weight excluding hydrogens is 484 g/mol. The van der Waals surface area contributed by atoms with E-state index in [0.29, 0.717) is 22.5 Å². The Bertz CT molecular complexity index is 1230. The van der Waals surface area contributed by atoms with E-state index in [2.05, 4.69) is 0 Å². The van der Waals surface area contributed by atoms with Gasteiger partial charge in [-0.05, 0) is 37.8 Å². The number of allylic oxidation sites excluding steroid dienone is 1. The number of methoxy groups -OCH3 is 2. The Balaban J connectivity index is 2.08. The van der Waals surface area contributed by atoms with Gasteiger partial charge in [0.05, 0.1) is 14.2 Å². The molecule has 4 unspecified atom stereocenters. The molecule has 1 aliphatic carbocycles. The molecule has 4 rings (SSSR count). The quantitative estimate of drug-likeness (QED) is 0.251. The van der Waals surface area contributed by atoms with Crippen LogP contribution in [0.2, 0.25) is 0 Å². The third kappa shape index (κ3) is 4.14. The monoisotopic (exact) mass is 514 g/mol. The van der Waals surface area contributed by atoms with Gasteiger partial charge in [0.1, 0.15) is 18.1 Å². The van der Waals surface area contributed by atoms with E-state index in [0.717, 1.165) is 7.11 Å². The highest BCUT2D eigenvalue weighted by atomic mass is 16.7. The molecule has 0 spiro atoms. The minimum absolute atomic E-state index is 0.0779. The first kappa shape index (κ1) is 26.2. The van der Waals surface area contributed by atoms with E-state index in [1.165, 1.54) is 13.2 Å². The van der Waals surface area contributed by atoms with Crippen LogP contribution in [0.5, 0.6) is 17.2 Å². The lowest BCUT2D eigenvalue weighted by Crippen LogP contribution is -2.47. The van der Waals surface area contributed by atoms with Crippen LogP contribution in [0.3, 0.4) is 0 Å². The summed E-state index contributed by atoms with van der Waals surface area (Å²) in [6.07, 6.45) is 2.26. The molecule has 1 aromatic carbocycles. The van der Waals surface area contributed by atoms with Crippen molar-refractivity contribution >= 4 is 23.7 Å². The van der Waals surface area contributed by atoms with Crippen LogP contribution in [0.4, 0.5) is 0 Å². The van der Waals surface area contributed by atoms with Crippen molar-refractivity contribution in [1.82, 2.24) is 0 Å². The molecule has 0 amide bonds. The Morgan fingerprint density at radius 3 is 2.41 bits per heavy atom. The topological polar surface area (TPSA) is 124 Å². The number of carbonyl (C=O) groups excluding carboxylic acids is 4. The number of benzene rings is 1. The Hall–Kier alpha value is -3.82. The maximum Gasteiger partial charge on any atom is 0.375 e. The Morgan fingerprint density at radius 1 is 1.03 bits per heavy atom. The first-order valence-corrected chi connectivity index (χ1v) is 12.0. The average molecular weight is 515 g/mol. The van der Waals surface area contributed by atoms with Crippen LogP contribution in [0, 0.1) is 11.8 Å². The maximum absolute atomic E-state index is 13.9. The fourth-order valence-electron chi connectivity index (χ4n) is 5.10. The maximum atomic E-state index is 13.9. The van der Waals surface area contributed by atoms with E-state index in [1.807, 2.05) is 13.8 Å². The molecule has 10 heteroatoms. The molecule has 0 saturated carbocycles. The molecule has 2 aliphatic heterocycles. The van der Waals surface area contributed by atoms with Gasteiger partial charge in [0.25, 0.3) is 5.78 Å². The van der Waals surface area contributed by atoms with Crippen LogP contribution in [-0.2, 0) is 38.8 Å². The number of carbonyl (C=O) groups is 4. The standard InChI is InChI=1S/C27H30O10/c1-7-13(2)25(30)37-21-15(4)14(3)8-16(9-19(28)32-5)27(24(29)26(31)33-6)11-34-23-20(27)17(21)10-18-22(23)36-12-35-18/h7,9-10,14-15,21H,8,11-12H2,1-6H3. The van der Waals surface area contributed by atoms with Crippen LogP contribution < -0.4 is 14.2 Å². The lowest BCUT2D eigenvalue weighted by Gasteiger charge is -2.39. The smallest absolute Gasteiger partial charge is 0.375 e. The Kier molecular flexibility index (Phi) is 7.03. The molecule has 0 aromatic heterocycles. The molecule has 1 aromatic rings. The molecule has 2 heterocycles. The van der Waals surface area contributed by atoms with Crippen molar-refractivity contribution in [2.45, 2.75) is 45.6 Å². The van der Waals surface area contributed by atoms with Gasteiger partial charge in [0.15, 0.2) is 11.5 Å². The third-order valence-electron chi connectivity index (χ3n) is 7.52. The number of ether oxygens (including phenoxy) is 6. The predicted octanol–water partition coefficient (Wildman–Crippen LogP) is 3.11. The van der Waals surface area contributed by atoms with E-state index in [4.69, 9.17) is 28.4 Å². The van der Waals surface area contributed by atoms with Gasteiger partial charge < -0.3 is 28.4 Å². The zero-order valence-corrected chi connectivity index (χ0v) is 21.7. The molecule has 0 bridgehead atoms. The zero-order chi connectivity index (χ0) is 27.1. The van der Waals surface area contributed by atoms with Crippen LogP contribution in [-0.4, -0.2) is 51.3 Å². The number of Topliss-reactive ketones (excluding diaryl/α,β-unsaturated/α-hetero) is 1. The van der Waals surface area contributed by atoms with Gasteiger partial charge in [-0.15, -0.1) is 0 Å². The summed E-state index contributed by atoms with van der Waals surface area (Å²) in [6.45, 7) is 6.86. The molecule has 0 N–H and O–H groups in total. The van der Waals surface area contributed by atoms with Crippen LogP contribution in [0.25, 0.3) is 0 Å². The summed E-state index contributed by atoms with van der Waals surface area (Å²) >= 11 is 0. The van der Waals surface area contributed by atoms with Gasteiger partial charge in [0.2, 0.25) is 12.5 Å². The predicted molar refractivity (Wildman–Crippen MR) is 128 cm³/mol. The summed E-state index contributed by atoms with van der Waals surface area (Å²) in [5.41, 5.74) is -0.263. The minimum atomic E-state index is -1.73. The molecule has 10 nitrogen and oxygen atoms in total. The summed E-state index contributed by atoms with van der Waals surface area (Å²) in [6, 6.07) is 1.66. The van der Waals surface area contributed by atoms with E-state index >= 15 is 0 Å². The van der Waals surface area contributed by atoms with E-state index in [1.54, 1.807) is 26.0 Å². The van der Waals surface area contributed by atoms with Gasteiger partial charge >= 0.3 is 17.9 Å². The lowest BCUT2D eigenvalue weighted by molar-refractivity contribution is -0.154. The fourth-order valence-corrected chi connectivity index (χ4v) is 5.10. The first-order valence-electron chi connectivity index (χ1n) is 12.0. The van der Waals surface area contributed by atoms with Gasteiger partial charge in [-0.2, -0.15) is 0 Å². The number of hydrogen-bond acceptors (Lipinski definition) is 10. The van der Waals surface area contributed by atoms with Gasteiger partial charge in [-0.1, -0.05) is 19.9 Å². The summed E-state index contributed by atoms with van der Waals surface area (Å²) < 4.78 is 33.1. The molecule has 0 radical (unpaired) electrons. The lowest BCUT2D eigenvalue weighted by atomic mass is 9.63. The Labute approximate surface area is 214 Å². The molecule has 3 aliphatic rings. The van der Waals surface area contributed by atoms with Crippen molar-refractivity contribution in [2.24, 2.45) is 11.8 Å². The third-order valence-corrected chi connectivity index (χ3v) is 7.52. The molecule has 198 valence electrons. The van der Waals surface area contributed by atoms with Crippen molar-refractivity contribution in [3.63, 3.8) is 0 Å². The molecule has 4 atom stereocenters. The molecular formula is C27H30O10. The second-order valence-electron chi connectivity index (χ2n) is 9.45. The number of ketones is 1. The van der Waals surface area contributed by atoms with Crippen molar-refractivity contribution in [2.75, 3.05) is 27.6 Å². The second-order valence-corrected chi connectivity index (χ2v) is 9.45. The van der Waals surface area contributed by atoms with Crippen molar-refractivity contribution in [3.8, 4) is 17.2 Å². The number of fused-ring (bicyclic) bond motifs is 2. The van der Waals surface area contributed by atoms with Crippen molar-refractivity contribution in [1.29, 1.82) is 0 Å². The largest absolute Gasteiger partial charge is 0.487 e. The molecule has 0 saturated heterocycles. The highest BCUT2D eigenvalue weighted by Crippen LogP contribution is 2.59. The van der Waals surface area contributed by atoms with E-state index in [-0.39, 0.29) is 48.7 Å². The van der Waals surface area contributed by atoms with Crippen LogP contribution in [0.15, 0.2) is 29.4 Å². The fraction of sp³-hybridized carbons (Fsp3) is 0.481. The van der Waals surface area contributed by atoms with E-state index < -0.39 is 35.2 Å². The van der Waals surface area contributed by atoms with Crippen molar-refractivity contribution in [3.05, 3.63) is 40.5 Å². The van der Waals surface area contributed by atoms with Gasteiger partial charge in [0, 0.05) is 28.7 Å². The number of hydrogen-bond donors (Lipinski definition) is 0. The Morgan fingerprint density at radius 2 is 1.76 bits per heavy atom. The minimum Gasteiger partial charge on any atom is -0.487 e. The van der Waals surface area contributed by atoms with Crippen LogP contribution in [0.1, 0.15) is 51.3 Å². The molecule has 37 heavy (non-hydrogen) atoms. The van der Waals surface area contributed by atoms with Crippen molar-refractivity contribution < 1.29 is 47.6 Å². The highest BCUT2D eigenvalue weighted by Gasteiger charge is 2.58. The number of esters is 3. The number of rotatable bonds is 5. The SMILES string of the molecule is CC=C(C)C(=O)OC1c2cc3c(c4c2C(C(=O)C(=O)OC)(CO4)C(=CC(=O)OC)CC(C)C1C)OCO3. The van der Waals surface area contributed by atoms with E-state index in [9.17, 15) is 19.2 Å². The van der Waals surface area contributed by atoms with Gasteiger partial charge in [-0.3, -0.25) is 4.79 Å². The average Bonchev–Trinajstić information content (AvgIpc) is 3.53. The van der Waals surface area contributed by atoms with Crippen LogP contribution >= 0.6 is 0 Å². The highest BCUT2D eigenvalue weighted by molar-refractivity contribution is 6.38. The van der Waals surface area contributed by atoms with Gasteiger partial charge in [-0.25, -0.2) is 14.4 Å². The normalized spacial score (nSPS) is 26.9. The zero-order valence-electron chi connectivity index (χ0n) is 21.7. The second kappa shape index (κ2) is 9.91. The summed E-state index contributed by atoms with van der Waals surface area (Å²) in [4.78, 5) is 52.0. The molecule has 0 fully saturated rings.